The lowest BCUT2D eigenvalue weighted by atomic mass is 9.95. The van der Waals surface area contributed by atoms with Crippen molar-refractivity contribution in [2.75, 3.05) is 0 Å². The first kappa shape index (κ1) is 17.7. The van der Waals surface area contributed by atoms with Crippen molar-refractivity contribution in [3.63, 3.8) is 0 Å². The van der Waals surface area contributed by atoms with Gasteiger partial charge < -0.3 is 9.47 Å². The zero-order valence-electron chi connectivity index (χ0n) is 13.9. The van der Waals surface area contributed by atoms with Crippen LogP contribution in [0.3, 0.4) is 0 Å². The highest BCUT2D eigenvalue weighted by atomic mass is 16.6. The van der Waals surface area contributed by atoms with Crippen molar-refractivity contribution < 1.29 is 19.3 Å². The van der Waals surface area contributed by atoms with Gasteiger partial charge in [0.05, 0.1) is 22.1 Å². The molecule has 0 atom stereocenters. The third-order valence-electron chi connectivity index (χ3n) is 4.32. The molecule has 2 aromatic rings. The van der Waals surface area contributed by atoms with Gasteiger partial charge in [-0.25, -0.2) is 0 Å². The van der Waals surface area contributed by atoms with Crippen molar-refractivity contribution in [3.05, 3.63) is 68.8 Å². The van der Waals surface area contributed by atoms with Crippen molar-refractivity contribution in [1.82, 2.24) is 0 Å². The first-order valence-corrected chi connectivity index (χ1v) is 8.33. The van der Waals surface area contributed by atoms with E-state index in [2.05, 4.69) is 0 Å². The summed E-state index contributed by atoms with van der Waals surface area (Å²) in [6, 6.07) is 12.2. The van der Waals surface area contributed by atoms with Crippen molar-refractivity contribution in [2.24, 2.45) is 0 Å². The molecular formula is C18H18N2O6. The summed E-state index contributed by atoms with van der Waals surface area (Å²) in [5.41, 5.74) is 0.0788. The van der Waals surface area contributed by atoms with Crippen LogP contribution in [-0.4, -0.2) is 22.1 Å². The highest BCUT2D eigenvalue weighted by molar-refractivity contribution is 5.37. The second-order valence-corrected chi connectivity index (χ2v) is 6.14. The lowest BCUT2D eigenvalue weighted by Gasteiger charge is -2.29. The Kier molecular flexibility index (Phi) is 5.31. The Morgan fingerprint density at radius 2 is 0.962 bits per heavy atom. The topological polar surface area (TPSA) is 105 Å². The molecule has 0 N–H and O–H groups in total. The summed E-state index contributed by atoms with van der Waals surface area (Å²) in [5, 5.41) is 21.3. The fourth-order valence-electron chi connectivity index (χ4n) is 2.95. The summed E-state index contributed by atoms with van der Waals surface area (Å²) in [5.74, 6) is 1.24. The van der Waals surface area contributed by atoms with Gasteiger partial charge in [-0.15, -0.1) is 0 Å². The van der Waals surface area contributed by atoms with Crippen LogP contribution < -0.4 is 9.47 Å². The molecule has 1 fully saturated rings. The number of ether oxygens (including phenoxy) is 2. The number of rotatable bonds is 6. The van der Waals surface area contributed by atoms with E-state index in [4.69, 9.17) is 9.47 Å². The van der Waals surface area contributed by atoms with Crippen LogP contribution in [0.1, 0.15) is 25.7 Å². The minimum Gasteiger partial charge on any atom is -0.490 e. The number of hydrogen-bond acceptors (Lipinski definition) is 6. The maximum absolute atomic E-state index is 10.7. The highest BCUT2D eigenvalue weighted by Gasteiger charge is 2.24. The molecular weight excluding hydrogens is 340 g/mol. The van der Waals surface area contributed by atoms with Crippen LogP contribution in [0.5, 0.6) is 11.5 Å². The number of nitrogens with zero attached hydrogens (tertiary/aromatic N) is 2. The van der Waals surface area contributed by atoms with E-state index in [1.807, 2.05) is 0 Å². The number of hydrogen-bond donors (Lipinski definition) is 0. The molecule has 3 rings (SSSR count). The third-order valence-corrected chi connectivity index (χ3v) is 4.32. The fourth-order valence-corrected chi connectivity index (χ4v) is 2.95. The van der Waals surface area contributed by atoms with Crippen LogP contribution in [0, 0.1) is 20.2 Å². The van der Waals surface area contributed by atoms with E-state index in [1.165, 1.54) is 24.3 Å². The summed E-state index contributed by atoms with van der Waals surface area (Å²) in [7, 11) is 0. The van der Waals surface area contributed by atoms with E-state index < -0.39 is 9.85 Å². The quantitative estimate of drug-likeness (QED) is 0.564. The van der Waals surface area contributed by atoms with Crippen molar-refractivity contribution in [3.8, 4) is 11.5 Å². The lowest BCUT2D eigenvalue weighted by molar-refractivity contribution is -0.385. The monoisotopic (exact) mass is 358 g/mol. The van der Waals surface area contributed by atoms with E-state index in [0.29, 0.717) is 11.5 Å². The van der Waals surface area contributed by atoms with Gasteiger partial charge in [0, 0.05) is 24.3 Å². The van der Waals surface area contributed by atoms with Gasteiger partial charge in [-0.3, -0.25) is 20.2 Å². The SMILES string of the molecule is O=[N+]([O-])c1ccc(OC2CCC(Oc3ccc([N+](=O)[O-])cc3)CC2)cc1. The molecule has 2 aromatic carbocycles. The minimum atomic E-state index is -0.440. The summed E-state index contributed by atoms with van der Waals surface area (Å²) >= 11 is 0. The van der Waals surface area contributed by atoms with Crippen LogP contribution in [-0.2, 0) is 0 Å². The fraction of sp³-hybridized carbons (Fsp3) is 0.333. The van der Waals surface area contributed by atoms with Crippen LogP contribution >= 0.6 is 0 Å². The Morgan fingerprint density at radius 1 is 0.654 bits per heavy atom. The Hall–Kier alpha value is -3.16. The van der Waals surface area contributed by atoms with Gasteiger partial charge in [-0.2, -0.15) is 0 Å². The molecule has 0 bridgehead atoms. The van der Waals surface area contributed by atoms with E-state index in [0.717, 1.165) is 25.7 Å². The molecule has 1 aliphatic carbocycles. The zero-order chi connectivity index (χ0) is 18.5. The van der Waals surface area contributed by atoms with Gasteiger partial charge in [0.25, 0.3) is 11.4 Å². The number of nitro benzene ring substituents is 2. The predicted octanol–water partition coefficient (Wildman–Crippen LogP) is 4.27. The molecule has 8 heteroatoms. The molecule has 0 aliphatic heterocycles. The summed E-state index contributed by atoms with van der Waals surface area (Å²) in [4.78, 5) is 20.4. The molecule has 0 aromatic heterocycles. The van der Waals surface area contributed by atoms with Crippen molar-refractivity contribution >= 4 is 11.4 Å². The molecule has 0 heterocycles. The van der Waals surface area contributed by atoms with Gasteiger partial charge in [-0.05, 0) is 49.9 Å². The molecule has 0 radical (unpaired) electrons. The van der Waals surface area contributed by atoms with E-state index in [-0.39, 0.29) is 23.6 Å². The average molecular weight is 358 g/mol. The van der Waals surface area contributed by atoms with Gasteiger partial charge in [0.1, 0.15) is 11.5 Å². The lowest BCUT2D eigenvalue weighted by Crippen LogP contribution is -2.30. The molecule has 26 heavy (non-hydrogen) atoms. The summed E-state index contributed by atoms with van der Waals surface area (Å²) in [6.45, 7) is 0. The van der Waals surface area contributed by atoms with Crippen molar-refractivity contribution in [2.45, 2.75) is 37.9 Å². The molecule has 0 unspecified atom stereocenters. The Labute approximate surface area is 149 Å². The Balaban J connectivity index is 1.47. The molecule has 0 spiro atoms. The largest absolute Gasteiger partial charge is 0.490 e. The first-order valence-electron chi connectivity index (χ1n) is 8.33. The Bertz CT molecular complexity index is 700. The Morgan fingerprint density at radius 3 is 1.23 bits per heavy atom. The maximum atomic E-state index is 10.7. The summed E-state index contributed by atoms with van der Waals surface area (Å²) < 4.78 is 11.8. The van der Waals surface area contributed by atoms with Crippen molar-refractivity contribution in [1.29, 1.82) is 0 Å². The number of non-ortho nitro benzene ring substituents is 2. The van der Waals surface area contributed by atoms with Crippen LogP contribution in [0.15, 0.2) is 48.5 Å². The van der Waals surface area contributed by atoms with E-state index in [9.17, 15) is 20.2 Å². The van der Waals surface area contributed by atoms with E-state index >= 15 is 0 Å². The molecule has 136 valence electrons. The minimum absolute atomic E-state index is 0.0394. The third kappa shape index (κ3) is 4.47. The second-order valence-electron chi connectivity index (χ2n) is 6.14. The molecule has 8 nitrogen and oxygen atoms in total. The smallest absolute Gasteiger partial charge is 0.269 e. The van der Waals surface area contributed by atoms with Gasteiger partial charge >= 0.3 is 0 Å². The summed E-state index contributed by atoms with van der Waals surface area (Å²) in [6.07, 6.45) is 3.35. The zero-order valence-corrected chi connectivity index (χ0v) is 13.9. The average Bonchev–Trinajstić information content (AvgIpc) is 2.64. The first-order chi connectivity index (χ1) is 12.5. The number of benzene rings is 2. The predicted molar refractivity (Wildman–Crippen MR) is 93.5 cm³/mol. The maximum Gasteiger partial charge on any atom is 0.269 e. The normalized spacial score (nSPS) is 19.5. The van der Waals surface area contributed by atoms with Crippen LogP contribution in [0.2, 0.25) is 0 Å². The standard InChI is InChI=1S/C18H18N2O6/c21-19(22)13-1-5-15(6-2-13)25-17-9-11-18(12-10-17)26-16-7-3-14(4-8-16)20(23)24/h1-8,17-18H,9-12H2. The molecule has 1 aliphatic rings. The van der Waals surface area contributed by atoms with Gasteiger partial charge in [-0.1, -0.05) is 0 Å². The molecule has 1 saturated carbocycles. The molecule has 0 saturated heterocycles. The van der Waals surface area contributed by atoms with Gasteiger partial charge in [0.15, 0.2) is 0 Å². The molecule has 0 amide bonds. The highest BCUT2D eigenvalue weighted by Crippen LogP contribution is 2.28. The van der Waals surface area contributed by atoms with Crippen LogP contribution in [0.25, 0.3) is 0 Å². The van der Waals surface area contributed by atoms with Crippen LogP contribution in [0.4, 0.5) is 11.4 Å². The van der Waals surface area contributed by atoms with Gasteiger partial charge in [0.2, 0.25) is 0 Å². The number of nitro groups is 2. The van der Waals surface area contributed by atoms with E-state index in [1.54, 1.807) is 24.3 Å². The second kappa shape index (κ2) is 7.81.